The summed E-state index contributed by atoms with van der Waals surface area (Å²) in [5.41, 5.74) is 4.51. The van der Waals surface area contributed by atoms with E-state index >= 15 is 0 Å². The van der Waals surface area contributed by atoms with E-state index in [4.69, 9.17) is 0 Å². The number of aryl methyl sites for hydroxylation is 2. The van der Waals surface area contributed by atoms with Crippen LogP contribution in [0.5, 0.6) is 0 Å². The van der Waals surface area contributed by atoms with Crippen molar-refractivity contribution in [3.8, 4) is 0 Å². The summed E-state index contributed by atoms with van der Waals surface area (Å²) in [6.07, 6.45) is 3.47. The first-order chi connectivity index (χ1) is 9.17. The van der Waals surface area contributed by atoms with Gasteiger partial charge < -0.3 is 10.2 Å². The molecule has 2 heteroatoms. The molecule has 2 atom stereocenters. The van der Waals surface area contributed by atoms with Gasteiger partial charge in [-0.2, -0.15) is 0 Å². The Morgan fingerprint density at radius 1 is 1.16 bits per heavy atom. The van der Waals surface area contributed by atoms with Gasteiger partial charge in [0, 0.05) is 24.3 Å². The van der Waals surface area contributed by atoms with Crippen LogP contribution in [0.15, 0.2) is 18.2 Å². The van der Waals surface area contributed by atoms with Crippen molar-refractivity contribution in [1.29, 1.82) is 0 Å². The van der Waals surface area contributed by atoms with E-state index in [1.54, 1.807) is 0 Å². The van der Waals surface area contributed by atoms with E-state index in [-0.39, 0.29) is 0 Å². The minimum absolute atomic E-state index is 0.569. The smallest absolute Gasteiger partial charge is 0.0434 e. The molecule has 1 heterocycles. The van der Waals surface area contributed by atoms with Gasteiger partial charge in [-0.3, -0.25) is 0 Å². The van der Waals surface area contributed by atoms with Gasteiger partial charge >= 0.3 is 0 Å². The SMILES string of the molecule is CCc1cccc(CC)c1N1CC(C)NCCC1C. The molecule has 106 valence electrons. The van der Waals surface area contributed by atoms with E-state index < -0.39 is 0 Å². The molecule has 2 nitrogen and oxygen atoms in total. The highest BCUT2D eigenvalue weighted by molar-refractivity contribution is 5.61. The molecule has 1 N–H and O–H groups in total. The molecule has 1 aliphatic heterocycles. The predicted molar refractivity (Wildman–Crippen MR) is 84.1 cm³/mol. The minimum atomic E-state index is 0.569. The van der Waals surface area contributed by atoms with Gasteiger partial charge in [0.05, 0.1) is 0 Å². The van der Waals surface area contributed by atoms with Crippen LogP contribution in [0.4, 0.5) is 5.69 Å². The van der Waals surface area contributed by atoms with Crippen LogP contribution in [0.2, 0.25) is 0 Å². The molecule has 0 bridgehead atoms. The standard InChI is InChI=1S/C17H28N2/c1-5-15-8-7-9-16(6-2)17(15)19-12-13(3)18-11-10-14(19)4/h7-9,13-14,18H,5-6,10-12H2,1-4H3. The molecule has 1 saturated heterocycles. The number of hydrogen-bond acceptors (Lipinski definition) is 2. The van der Waals surface area contributed by atoms with Gasteiger partial charge in [-0.05, 0) is 50.8 Å². The molecule has 0 aromatic heterocycles. The summed E-state index contributed by atoms with van der Waals surface area (Å²) in [6, 6.07) is 8.00. The number of anilines is 1. The van der Waals surface area contributed by atoms with Crippen molar-refractivity contribution in [2.45, 2.75) is 59.0 Å². The second-order valence-corrected chi connectivity index (χ2v) is 5.78. The summed E-state index contributed by atoms with van der Waals surface area (Å²) >= 11 is 0. The van der Waals surface area contributed by atoms with Crippen LogP contribution in [0.3, 0.4) is 0 Å². The Labute approximate surface area is 118 Å². The molecule has 0 radical (unpaired) electrons. The number of hydrogen-bond donors (Lipinski definition) is 1. The number of nitrogens with one attached hydrogen (secondary N) is 1. The molecule has 1 aliphatic rings. The van der Waals surface area contributed by atoms with Crippen LogP contribution in [0.25, 0.3) is 0 Å². The number of benzene rings is 1. The molecule has 0 saturated carbocycles. The molecule has 2 rings (SSSR count). The second kappa shape index (κ2) is 6.42. The van der Waals surface area contributed by atoms with Gasteiger partial charge in [0.25, 0.3) is 0 Å². The number of rotatable bonds is 3. The van der Waals surface area contributed by atoms with Crippen LogP contribution in [-0.2, 0) is 12.8 Å². The Kier molecular flexibility index (Phi) is 4.87. The highest BCUT2D eigenvalue weighted by atomic mass is 15.2. The zero-order chi connectivity index (χ0) is 13.8. The van der Waals surface area contributed by atoms with E-state index in [2.05, 4.69) is 56.1 Å². The van der Waals surface area contributed by atoms with E-state index in [1.165, 1.54) is 23.2 Å². The lowest BCUT2D eigenvalue weighted by molar-refractivity contribution is 0.584. The Morgan fingerprint density at radius 2 is 1.79 bits per heavy atom. The van der Waals surface area contributed by atoms with Crippen LogP contribution in [0.1, 0.15) is 45.2 Å². The molecule has 2 unspecified atom stereocenters. The van der Waals surface area contributed by atoms with E-state index in [0.29, 0.717) is 12.1 Å². The molecule has 19 heavy (non-hydrogen) atoms. The molecule has 0 spiro atoms. The van der Waals surface area contributed by atoms with Gasteiger partial charge in [0.1, 0.15) is 0 Å². The average Bonchev–Trinajstić information content (AvgIpc) is 2.59. The van der Waals surface area contributed by atoms with Gasteiger partial charge in [0.2, 0.25) is 0 Å². The number of nitrogens with zero attached hydrogens (tertiary/aromatic N) is 1. The van der Waals surface area contributed by atoms with Crippen molar-refractivity contribution in [2.24, 2.45) is 0 Å². The van der Waals surface area contributed by atoms with Crippen molar-refractivity contribution in [2.75, 3.05) is 18.0 Å². The van der Waals surface area contributed by atoms with Gasteiger partial charge in [0.15, 0.2) is 0 Å². The Morgan fingerprint density at radius 3 is 2.37 bits per heavy atom. The maximum atomic E-state index is 3.61. The van der Waals surface area contributed by atoms with Crippen molar-refractivity contribution in [3.63, 3.8) is 0 Å². The fourth-order valence-corrected chi connectivity index (χ4v) is 3.13. The van der Waals surface area contributed by atoms with Crippen molar-refractivity contribution in [3.05, 3.63) is 29.3 Å². The third-order valence-electron chi connectivity index (χ3n) is 4.31. The van der Waals surface area contributed by atoms with Gasteiger partial charge in [-0.1, -0.05) is 32.0 Å². The highest BCUT2D eigenvalue weighted by Crippen LogP contribution is 2.30. The molecular weight excluding hydrogens is 232 g/mol. The normalized spacial score (nSPS) is 24.3. The Balaban J connectivity index is 2.42. The summed E-state index contributed by atoms with van der Waals surface area (Å²) in [5.74, 6) is 0. The van der Waals surface area contributed by atoms with Crippen LogP contribution >= 0.6 is 0 Å². The zero-order valence-corrected chi connectivity index (χ0v) is 12.9. The molecular formula is C17H28N2. The largest absolute Gasteiger partial charge is 0.367 e. The fraction of sp³-hybridized carbons (Fsp3) is 0.647. The fourth-order valence-electron chi connectivity index (χ4n) is 3.13. The summed E-state index contributed by atoms with van der Waals surface area (Å²) in [4.78, 5) is 2.64. The summed E-state index contributed by atoms with van der Waals surface area (Å²) in [7, 11) is 0. The maximum Gasteiger partial charge on any atom is 0.0434 e. The van der Waals surface area contributed by atoms with Crippen molar-refractivity contribution >= 4 is 5.69 Å². The lowest BCUT2D eigenvalue weighted by atomic mass is 10.00. The maximum absolute atomic E-state index is 3.61. The Bertz CT molecular complexity index is 391. The van der Waals surface area contributed by atoms with Crippen LogP contribution in [0, 0.1) is 0 Å². The predicted octanol–water partition coefficient (Wildman–Crippen LogP) is 3.39. The third-order valence-corrected chi connectivity index (χ3v) is 4.31. The first kappa shape index (κ1) is 14.4. The molecule has 1 aromatic rings. The van der Waals surface area contributed by atoms with E-state index in [9.17, 15) is 0 Å². The van der Waals surface area contributed by atoms with Crippen molar-refractivity contribution < 1.29 is 0 Å². The number of para-hydroxylation sites is 1. The lowest BCUT2D eigenvalue weighted by Crippen LogP contribution is -2.39. The molecule has 0 amide bonds. The summed E-state index contributed by atoms with van der Waals surface area (Å²) in [5, 5.41) is 3.61. The third kappa shape index (κ3) is 3.11. The first-order valence-corrected chi connectivity index (χ1v) is 7.78. The monoisotopic (exact) mass is 260 g/mol. The zero-order valence-electron chi connectivity index (χ0n) is 12.9. The highest BCUT2D eigenvalue weighted by Gasteiger charge is 2.23. The minimum Gasteiger partial charge on any atom is -0.367 e. The first-order valence-electron chi connectivity index (χ1n) is 7.78. The van der Waals surface area contributed by atoms with Gasteiger partial charge in [-0.25, -0.2) is 0 Å². The average molecular weight is 260 g/mol. The topological polar surface area (TPSA) is 15.3 Å². The summed E-state index contributed by atoms with van der Waals surface area (Å²) in [6.45, 7) is 11.4. The summed E-state index contributed by atoms with van der Waals surface area (Å²) < 4.78 is 0. The van der Waals surface area contributed by atoms with E-state index in [0.717, 1.165) is 25.9 Å². The van der Waals surface area contributed by atoms with Crippen LogP contribution in [-0.4, -0.2) is 25.2 Å². The van der Waals surface area contributed by atoms with Gasteiger partial charge in [-0.15, -0.1) is 0 Å². The Hall–Kier alpha value is -1.02. The second-order valence-electron chi connectivity index (χ2n) is 5.78. The quantitative estimate of drug-likeness (QED) is 0.896. The lowest BCUT2D eigenvalue weighted by Gasteiger charge is -2.34. The van der Waals surface area contributed by atoms with Crippen LogP contribution < -0.4 is 10.2 Å². The molecule has 0 aliphatic carbocycles. The van der Waals surface area contributed by atoms with E-state index in [1.807, 2.05) is 0 Å². The molecule has 1 fully saturated rings. The molecule has 1 aromatic carbocycles. The van der Waals surface area contributed by atoms with Crippen molar-refractivity contribution in [1.82, 2.24) is 5.32 Å².